The molecule has 0 aromatic carbocycles. The van der Waals surface area contributed by atoms with Gasteiger partial charge in [-0.05, 0) is 25.8 Å². The first-order valence-corrected chi connectivity index (χ1v) is 6.95. The maximum absolute atomic E-state index is 12.5. The number of H-pyrrole nitrogens is 1. The number of hydrogen-bond acceptors (Lipinski definition) is 4. The molecule has 2 aliphatic rings. The molecule has 2 aromatic rings. The summed E-state index contributed by atoms with van der Waals surface area (Å²) in [6, 6.07) is 1.89. The van der Waals surface area contributed by atoms with Crippen LogP contribution in [0, 0.1) is 6.92 Å². The Kier molecular flexibility index (Phi) is 2.42. The number of aromatic nitrogens is 5. The van der Waals surface area contributed by atoms with E-state index >= 15 is 0 Å². The van der Waals surface area contributed by atoms with Gasteiger partial charge in [0, 0.05) is 18.2 Å². The van der Waals surface area contributed by atoms with Crippen LogP contribution < -0.4 is 0 Å². The molecule has 1 aliphatic carbocycles. The molecular formula is C13H16N6O. The average molecular weight is 272 g/mol. The zero-order chi connectivity index (χ0) is 13.7. The van der Waals surface area contributed by atoms with E-state index < -0.39 is 0 Å². The van der Waals surface area contributed by atoms with Crippen molar-refractivity contribution in [2.45, 2.75) is 38.8 Å². The number of nitrogens with zero attached hydrogens (tertiary/aromatic N) is 5. The third kappa shape index (κ3) is 1.90. The Balaban J connectivity index is 1.53. The molecule has 0 unspecified atom stereocenters. The van der Waals surface area contributed by atoms with Gasteiger partial charge in [-0.25, -0.2) is 9.67 Å². The molecule has 0 saturated heterocycles. The second-order valence-electron chi connectivity index (χ2n) is 5.51. The number of carbonyl (C=O) groups excluding carboxylic acids is 1. The Hall–Kier alpha value is -2.18. The quantitative estimate of drug-likeness (QED) is 0.878. The van der Waals surface area contributed by atoms with Gasteiger partial charge in [0.25, 0.3) is 5.91 Å². The molecule has 1 amide bonds. The fraction of sp³-hybridized carbons (Fsp3) is 0.538. The lowest BCUT2D eigenvalue weighted by Crippen LogP contribution is -2.38. The van der Waals surface area contributed by atoms with Crippen LogP contribution in [0.5, 0.6) is 0 Å². The number of aryl methyl sites for hydroxylation is 1. The van der Waals surface area contributed by atoms with Gasteiger partial charge in [-0.3, -0.25) is 9.89 Å². The zero-order valence-electron chi connectivity index (χ0n) is 11.3. The summed E-state index contributed by atoms with van der Waals surface area (Å²) in [5, 5.41) is 11.4. The van der Waals surface area contributed by atoms with Crippen molar-refractivity contribution in [3.05, 3.63) is 29.1 Å². The molecule has 3 heterocycles. The van der Waals surface area contributed by atoms with Gasteiger partial charge in [0.2, 0.25) is 0 Å². The fourth-order valence-electron chi connectivity index (χ4n) is 2.65. The van der Waals surface area contributed by atoms with Crippen molar-refractivity contribution in [2.24, 2.45) is 0 Å². The van der Waals surface area contributed by atoms with Gasteiger partial charge < -0.3 is 4.90 Å². The van der Waals surface area contributed by atoms with Crippen molar-refractivity contribution < 1.29 is 4.79 Å². The highest BCUT2D eigenvalue weighted by Gasteiger charge is 2.29. The van der Waals surface area contributed by atoms with Crippen molar-refractivity contribution >= 4 is 5.91 Å². The van der Waals surface area contributed by atoms with E-state index in [0.29, 0.717) is 31.2 Å². The topological polar surface area (TPSA) is 79.7 Å². The van der Waals surface area contributed by atoms with Crippen LogP contribution in [0.15, 0.2) is 6.07 Å². The first kappa shape index (κ1) is 11.6. The van der Waals surface area contributed by atoms with Crippen LogP contribution >= 0.6 is 0 Å². The van der Waals surface area contributed by atoms with E-state index in [9.17, 15) is 4.79 Å². The van der Waals surface area contributed by atoms with Crippen LogP contribution in [0.25, 0.3) is 0 Å². The molecule has 20 heavy (non-hydrogen) atoms. The molecule has 1 N–H and O–H groups in total. The Labute approximate surface area is 116 Å². The minimum Gasteiger partial charge on any atom is -0.328 e. The molecule has 1 aliphatic heterocycles. The van der Waals surface area contributed by atoms with Crippen LogP contribution in [-0.2, 0) is 13.1 Å². The van der Waals surface area contributed by atoms with E-state index in [1.54, 1.807) is 4.90 Å². The maximum atomic E-state index is 12.5. The van der Waals surface area contributed by atoms with Crippen LogP contribution in [0.3, 0.4) is 0 Å². The van der Waals surface area contributed by atoms with Gasteiger partial charge in [0.05, 0.1) is 13.1 Å². The summed E-state index contributed by atoms with van der Waals surface area (Å²) in [5.41, 5.74) is 1.60. The van der Waals surface area contributed by atoms with Crippen LogP contribution in [0.4, 0.5) is 0 Å². The Bertz CT molecular complexity index is 668. The first-order valence-electron chi connectivity index (χ1n) is 6.95. The predicted molar refractivity (Wildman–Crippen MR) is 70.1 cm³/mol. The number of carbonyl (C=O) groups is 1. The fourth-order valence-corrected chi connectivity index (χ4v) is 2.65. The van der Waals surface area contributed by atoms with Crippen molar-refractivity contribution in [1.82, 2.24) is 29.9 Å². The second-order valence-corrected chi connectivity index (χ2v) is 5.51. The monoisotopic (exact) mass is 272 g/mol. The van der Waals surface area contributed by atoms with Crippen molar-refractivity contribution in [2.75, 3.05) is 6.54 Å². The highest BCUT2D eigenvalue weighted by molar-refractivity contribution is 5.92. The van der Waals surface area contributed by atoms with Crippen LogP contribution in [0.2, 0.25) is 0 Å². The van der Waals surface area contributed by atoms with E-state index in [1.165, 1.54) is 12.8 Å². The van der Waals surface area contributed by atoms with E-state index in [2.05, 4.69) is 20.3 Å². The van der Waals surface area contributed by atoms with E-state index in [1.807, 2.05) is 17.7 Å². The highest BCUT2D eigenvalue weighted by Crippen LogP contribution is 2.39. The van der Waals surface area contributed by atoms with Gasteiger partial charge >= 0.3 is 0 Å². The zero-order valence-corrected chi connectivity index (χ0v) is 11.3. The number of amides is 1. The van der Waals surface area contributed by atoms with Crippen molar-refractivity contribution in [3.63, 3.8) is 0 Å². The second kappa shape index (κ2) is 4.16. The lowest BCUT2D eigenvalue weighted by Gasteiger charge is -2.25. The molecule has 2 aromatic heterocycles. The number of fused-ring (bicyclic) bond motifs is 1. The third-order valence-corrected chi connectivity index (χ3v) is 3.89. The van der Waals surface area contributed by atoms with Gasteiger partial charge in [-0.2, -0.15) is 10.2 Å². The van der Waals surface area contributed by atoms with E-state index in [-0.39, 0.29) is 5.91 Å². The summed E-state index contributed by atoms with van der Waals surface area (Å²) in [7, 11) is 0. The summed E-state index contributed by atoms with van der Waals surface area (Å²) in [6.07, 6.45) is 2.39. The van der Waals surface area contributed by atoms with E-state index in [4.69, 9.17) is 0 Å². The van der Waals surface area contributed by atoms with E-state index in [0.717, 1.165) is 17.3 Å². The normalized spacial score (nSPS) is 18.1. The smallest absolute Gasteiger partial charge is 0.274 e. The minimum atomic E-state index is -0.0277. The molecule has 104 valence electrons. The third-order valence-electron chi connectivity index (χ3n) is 3.89. The molecule has 0 radical (unpaired) electrons. The summed E-state index contributed by atoms with van der Waals surface area (Å²) < 4.78 is 1.87. The SMILES string of the molecule is Cc1nc2n(n1)CCN(C(=O)c1cc(C3CC3)[nH]n1)C2. The Morgan fingerprint density at radius 1 is 1.40 bits per heavy atom. The predicted octanol–water partition coefficient (Wildman–Crippen LogP) is 0.843. The molecule has 1 fully saturated rings. The minimum absolute atomic E-state index is 0.0277. The van der Waals surface area contributed by atoms with Gasteiger partial charge in [-0.15, -0.1) is 0 Å². The number of nitrogens with one attached hydrogen (secondary N) is 1. The van der Waals surface area contributed by atoms with Crippen LogP contribution in [-0.4, -0.2) is 42.3 Å². The van der Waals surface area contributed by atoms with Gasteiger partial charge in [0.1, 0.15) is 17.3 Å². The number of hydrogen-bond donors (Lipinski definition) is 1. The average Bonchev–Trinajstić information content (AvgIpc) is 3.05. The molecule has 1 saturated carbocycles. The highest BCUT2D eigenvalue weighted by atomic mass is 16.2. The van der Waals surface area contributed by atoms with Crippen molar-refractivity contribution in [3.8, 4) is 0 Å². The molecule has 7 nitrogen and oxygen atoms in total. The lowest BCUT2D eigenvalue weighted by atomic mass is 10.2. The van der Waals surface area contributed by atoms with Crippen molar-refractivity contribution in [1.29, 1.82) is 0 Å². The number of rotatable bonds is 2. The number of aromatic amines is 1. The molecular weight excluding hydrogens is 256 g/mol. The van der Waals surface area contributed by atoms with Gasteiger partial charge in [0.15, 0.2) is 0 Å². The van der Waals surface area contributed by atoms with Gasteiger partial charge in [-0.1, -0.05) is 0 Å². The summed E-state index contributed by atoms with van der Waals surface area (Å²) in [6.45, 7) is 3.72. The molecule has 0 bridgehead atoms. The lowest BCUT2D eigenvalue weighted by molar-refractivity contribution is 0.0696. The molecule has 0 atom stereocenters. The maximum Gasteiger partial charge on any atom is 0.274 e. The first-order chi connectivity index (χ1) is 9.70. The Morgan fingerprint density at radius 2 is 2.25 bits per heavy atom. The molecule has 0 spiro atoms. The van der Waals surface area contributed by atoms with Crippen LogP contribution in [0.1, 0.15) is 46.6 Å². The molecule has 7 heteroatoms. The standard InChI is InChI=1S/C13H16N6O/c1-8-14-12-7-18(4-5-19(12)17-8)13(20)11-6-10(15-16-11)9-2-3-9/h6,9H,2-5,7H2,1H3,(H,15,16). The Morgan fingerprint density at radius 3 is 3.05 bits per heavy atom. The molecule has 4 rings (SSSR count). The summed E-state index contributed by atoms with van der Waals surface area (Å²) in [4.78, 5) is 18.6. The summed E-state index contributed by atoms with van der Waals surface area (Å²) >= 11 is 0. The summed E-state index contributed by atoms with van der Waals surface area (Å²) in [5.74, 6) is 2.15. The largest absolute Gasteiger partial charge is 0.328 e.